The molecule has 130 valence electrons. The quantitative estimate of drug-likeness (QED) is 0.804. The third-order valence-corrected chi connectivity index (χ3v) is 5.80. The van der Waals surface area contributed by atoms with E-state index in [9.17, 15) is 9.59 Å². The highest BCUT2D eigenvalue weighted by Gasteiger charge is 2.44. The molecule has 3 heterocycles. The number of hydrogen-bond donors (Lipinski definition) is 0. The van der Waals surface area contributed by atoms with Gasteiger partial charge >= 0.3 is 0 Å². The van der Waals surface area contributed by atoms with Crippen LogP contribution in [0.1, 0.15) is 42.5 Å². The summed E-state index contributed by atoms with van der Waals surface area (Å²) in [6, 6.07) is 9.74. The van der Waals surface area contributed by atoms with E-state index in [4.69, 9.17) is 0 Å². The van der Waals surface area contributed by atoms with Crippen LogP contribution in [0.25, 0.3) is 10.9 Å². The summed E-state index contributed by atoms with van der Waals surface area (Å²) in [4.78, 5) is 33.4. The Hall–Kier alpha value is -2.43. The van der Waals surface area contributed by atoms with Gasteiger partial charge in [-0.25, -0.2) is 0 Å². The highest BCUT2D eigenvalue weighted by atomic mass is 16.2. The molecule has 2 aliphatic rings. The second-order valence-electron chi connectivity index (χ2n) is 7.28. The highest BCUT2D eigenvalue weighted by molar-refractivity contribution is 5.97. The van der Waals surface area contributed by atoms with Crippen LogP contribution in [0.3, 0.4) is 0 Å². The Morgan fingerprint density at radius 1 is 1.20 bits per heavy atom. The van der Waals surface area contributed by atoms with Gasteiger partial charge in [-0.1, -0.05) is 18.2 Å². The van der Waals surface area contributed by atoms with Gasteiger partial charge in [-0.2, -0.15) is 0 Å². The third-order valence-electron chi connectivity index (χ3n) is 5.80. The monoisotopic (exact) mass is 337 g/mol. The van der Waals surface area contributed by atoms with Crippen molar-refractivity contribution >= 4 is 22.7 Å². The standard InChI is InChI=1S/C20H23N3O2/c1-22-18(24)8-4-9-20(22)10-5-11-23(14-20)19(25)16-12-15-6-2-3-7-17(15)21-13-16/h2-3,6-7,12-13H,4-5,8-11,14H2,1H3/t20-/m0/s1. The van der Waals surface area contributed by atoms with Crippen molar-refractivity contribution in [1.29, 1.82) is 0 Å². The van der Waals surface area contributed by atoms with E-state index in [0.29, 0.717) is 18.5 Å². The topological polar surface area (TPSA) is 53.5 Å². The number of carbonyl (C=O) groups is 2. The fraction of sp³-hybridized carbons (Fsp3) is 0.450. The van der Waals surface area contributed by atoms with Crippen LogP contribution in [0, 0.1) is 0 Å². The minimum absolute atomic E-state index is 0.0174. The zero-order chi connectivity index (χ0) is 17.4. The van der Waals surface area contributed by atoms with E-state index >= 15 is 0 Å². The molecule has 2 aliphatic heterocycles. The van der Waals surface area contributed by atoms with E-state index in [-0.39, 0.29) is 17.4 Å². The maximum absolute atomic E-state index is 13.0. The largest absolute Gasteiger partial charge is 0.338 e. The second kappa shape index (κ2) is 6.14. The highest BCUT2D eigenvalue weighted by Crippen LogP contribution is 2.36. The fourth-order valence-electron chi connectivity index (χ4n) is 4.30. The van der Waals surface area contributed by atoms with Crippen molar-refractivity contribution in [3.05, 3.63) is 42.1 Å². The number of likely N-dealkylation sites (tertiary alicyclic amines) is 2. The molecule has 0 aliphatic carbocycles. The lowest BCUT2D eigenvalue weighted by Crippen LogP contribution is -2.61. The van der Waals surface area contributed by atoms with Crippen LogP contribution in [-0.2, 0) is 4.79 Å². The van der Waals surface area contributed by atoms with E-state index in [1.54, 1.807) is 6.20 Å². The van der Waals surface area contributed by atoms with Crippen LogP contribution in [0.15, 0.2) is 36.5 Å². The van der Waals surface area contributed by atoms with Crippen LogP contribution in [-0.4, -0.2) is 52.3 Å². The number of pyridine rings is 1. The molecule has 2 amide bonds. The molecule has 0 unspecified atom stereocenters. The summed E-state index contributed by atoms with van der Waals surface area (Å²) in [6.45, 7) is 1.37. The summed E-state index contributed by atoms with van der Waals surface area (Å²) in [5.74, 6) is 0.219. The summed E-state index contributed by atoms with van der Waals surface area (Å²) in [6.07, 6.45) is 6.11. The Morgan fingerprint density at radius 2 is 2.00 bits per heavy atom. The molecule has 1 aromatic heterocycles. The number of likely N-dealkylation sites (N-methyl/N-ethyl adjacent to an activating group) is 1. The van der Waals surface area contributed by atoms with Gasteiger partial charge in [-0.05, 0) is 37.8 Å². The van der Waals surface area contributed by atoms with Crippen LogP contribution < -0.4 is 0 Å². The first-order chi connectivity index (χ1) is 12.1. The first-order valence-electron chi connectivity index (χ1n) is 9.00. The number of para-hydroxylation sites is 1. The zero-order valence-electron chi connectivity index (χ0n) is 14.6. The van der Waals surface area contributed by atoms with E-state index in [1.165, 1.54) is 0 Å². The first-order valence-corrected chi connectivity index (χ1v) is 9.00. The minimum atomic E-state index is -0.187. The molecule has 2 aromatic rings. The van der Waals surface area contributed by atoms with Gasteiger partial charge in [0.05, 0.1) is 16.6 Å². The number of aromatic nitrogens is 1. The molecule has 0 saturated carbocycles. The predicted octanol–water partition coefficient (Wildman–Crippen LogP) is 2.85. The van der Waals surface area contributed by atoms with Crippen LogP contribution in [0.5, 0.6) is 0 Å². The Morgan fingerprint density at radius 3 is 2.88 bits per heavy atom. The smallest absolute Gasteiger partial charge is 0.255 e. The molecule has 25 heavy (non-hydrogen) atoms. The van der Waals surface area contributed by atoms with Gasteiger partial charge in [-0.15, -0.1) is 0 Å². The van der Waals surface area contributed by atoms with E-state index in [1.807, 2.05) is 47.2 Å². The SMILES string of the molecule is CN1C(=O)CCC[C@@]12CCCN(C(=O)c1cnc3ccccc3c1)C2. The molecule has 0 radical (unpaired) electrons. The molecule has 1 spiro atoms. The van der Waals surface area contributed by atoms with E-state index < -0.39 is 0 Å². The molecule has 0 N–H and O–H groups in total. The molecule has 1 aromatic carbocycles. The molecule has 4 rings (SSSR count). The number of carbonyl (C=O) groups excluding carboxylic acids is 2. The van der Waals surface area contributed by atoms with Crippen LogP contribution >= 0.6 is 0 Å². The molecule has 1 atom stereocenters. The van der Waals surface area contributed by atoms with Gasteiger partial charge in [0.2, 0.25) is 5.91 Å². The number of benzene rings is 1. The van der Waals surface area contributed by atoms with Crippen LogP contribution in [0.4, 0.5) is 0 Å². The molecule has 0 bridgehead atoms. The number of nitrogens with zero attached hydrogens (tertiary/aromatic N) is 3. The summed E-state index contributed by atoms with van der Waals surface area (Å²) in [7, 11) is 1.90. The first kappa shape index (κ1) is 16.1. The van der Waals surface area contributed by atoms with Crippen molar-refractivity contribution < 1.29 is 9.59 Å². The Balaban J connectivity index is 1.59. The number of rotatable bonds is 1. The van der Waals surface area contributed by atoms with Gasteiger partial charge < -0.3 is 9.80 Å². The molecule has 2 saturated heterocycles. The lowest BCUT2D eigenvalue weighted by atomic mass is 9.80. The van der Waals surface area contributed by atoms with Gasteiger partial charge in [-0.3, -0.25) is 14.6 Å². The Bertz CT molecular complexity index is 831. The summed E-state index contributed by atoms with van der Waals surface area (Å²) in [5, 5.41) is 0.977. The van der Waals surface area contributed by atoms with Gasteiger partial charge in [0, 0.05) is 38.1 Å². The van der Waals surface area contributed by atoms with E-state index in [0.717, 1.165) is 43.1 Å². The normalized spacial score (nSPS) is 24.1. The Kier molecular flexibility index (Phi) is 3.94. The average molecular weight is 337 g/mol. The molecule has 5 heteroatoms. The zero-order valence-corrected chi connectivity index (χ0v) is 14.6. The fourth-order valence-corrected chi connectivity index (χ4v) is 4.30. The summed E-state index contributed by atoms with van der Waals surface area (Å²) in [5.41, 5.74) is 1.33. The number of amides is 2. The second-order valence-corrected chi connectivity index (χ2v) is 7.28. The van der Waals surface area contributed by atoms with Gasteiger partial charge in [0.25, 0.3) is 5.91 Å². The summed E-state index contributed by atoms with van der Waals surface area (Å²) < 4.78 is 0. The lowest BCUT2D eigenvalue weighted by molar-refractivity contribution is -0.142. The van der Waals surface area contributed by atoms with E-state index in [2.05, 4.69) is 4.98 Å². The average Bonchev–Trinajstić information content (AvgIpc) is 2.65. The van der Waals surface area contributed by atoms with Crippen LogP contribution in [0.2, 0.25) is 0 Å². The van der Waals surface area contributed by atoms with Crippen molar-refractivity contribution in [1.82, 2.24) is 14.8 Å². The molecular weight excluding hydrogens is 314 g/mol. The Labute approximate surface area is 147 Å². The molecular formula is C20H23N3O2. The maximum Gasteiger partial charge on any atom is 0.255 e. The minimum Gasteiger partial charge on any atom is -0.338 e. The van der Waals surface area contributed by atoms with Gasteiger partial charge in [0.15, 0.2) is 0 Å². The van der Waals surface area contributed by atoms with Gasteiger partial charge in [0.1, 0.15) is 0 Å². The lowest BCUT2D eigenvalue weighted by Gasteiger charge is -2.50. The predicted molar refractivity (Wildman–Crippen MR) is 96.2 cm³/mol. The molecule has 2 fully saturated rings. The van der Waals surface area contributed by atoms with Crippen molar-refractivity contribution in [2.75, 3.05) is 20.1 Å². The summed E-state index contributed by atoms with van der Waals surface area (Å²) >= 11 is 0. The third kappa shape index (κ3) is 2.77. The van der Waals surface area contributed by atoms with Crippen molar-refractivity contribution in [2.45, 2.75) is 37.6 Å². The number of fused-ring (bicyclic) bond motifs is 1. The number of piperidine rings is 2. The molecule has 5 nitrogen and oxygen atoms in total. The maximum atomic E-state index is 13.0. The van der Waals surface area contributed by atoms with Crippen molar-refractivity contribution in [3.8, 4) is 0 Å². The van der Waals surface area contributed by atoms with Crippen molar-refractivity contribution in [2.24, 2.45) is 0 Å². The number of hydrogen-bond acceptors (Lipinski definition) is 3. The van der Waals surface area contributed by atoms with Crippen molar-refractivity contribution in [3.63, 3.8) is 0 Å².